The van der Waals surface area contributed by atoms with Gasteiger partial charge < -0.3 is 19.9 Å². The van der Waals surface area contributed by atoms with E-state index in [-0.39, 0.29) is 11.3 Å². The number of para-hydroxylation sites is 2. The van der Waals surface area contributed by atoms with Gasteiger partial charge in [0.2, 0.25) is 6.10 Å². The summed E-state index contributed by atoms with van der Waals surface area (Å²) in [6, 6.07) is 26.1. The first-order valence-electron chi connectivity index (χ1n) is 10.6. The van der Waals surface area contributed by atoms with Crippen molar-refractivity contribution in [2.24, 2.45) is 0 Å². The van der Waals surface area contributed by atoms with Crippen molar-refractivity contribution in [3.05, 3.63) is 102 Å². The van der Waals surface area contributed by atoms with Crippen LogP contribution in [0.4, 0.5) is 5.69 Å². The Bertz CT molecular complexity index is 1290. The molecule has 4 aromatic rings. The molecule has 0 bridgehead atoms. The number of fused-ring (bicyclic) bond motifs is 1. The Morgan fingerprint density at radius 3 is 2.24 bits per heavy atom. The number of aromatic hydroxyl groups is 1. The van der Waals surface area contributed by atoms with Crippen molar-refractivity contribution in [2.75, 3.05) is 11.9 Å². The molecule has 0 radical (unpaired) electrons. The van der Waals surface area contributed by atoms with Crippen LogP contribution in [0, 0.1) is 0 Å². The number of ether oxygens (including phenoxy) is 2. The summed E-state index contributed by atoms with van der Waals surface area (Å²) < 4.78 is 11.2. The van der Waals surface area contributed by atoms with E-state index in [2.05, 4.69) is 5.32 Å². The molecule has 0 spiro atoms. The third kappa shape index (κ3) is 4.96. The second kappa shape index (κ2) is 9.87. The van der Waals surface area contributed by atoms with Crippen LogP contribution in [-0.4, -0.2) is 23.6 Å². The van der Waals surface area contributed by atoms with Crippen LogP contribution < -0.4 is 10.1 Å². The number of amides is 1. The van der Waals surface area contributed by atoms with E-state index in [9.17, 15) is 14.7 Å². The maximum absolute atomic E-state index is 13.2. The van der Waals surface area contributed by atoms with E-state index in [0.29, 0.717) is 23.6 Å². The zero-order valence-corrected chi connectivity index (χ0v) is 18.0. The molecule has 0 aliphatic rings. The molecule has 0 saturated carbocycles. The second-order valence-electron chi connectivity index (χ2n) is 7.33. The van der Waals surface area contributed by atoms with E-state index < -0.39 is 18.0 Å². The maximum Gasteiger partial charge on any atom is 0.343 e. The lowest BCUT2D eigenvalue weighted by Crippen LogP contribution is -2.26. The van der Waals surface area contributed by atoms with E-state index in [1.54, 1.807) is 60.7 Å². The predicted octanol–water partition coefficient (Wildman–Crippen LogP) is 5.48. The molecule has 33 heavy (non-hydrogen) atoms. The minimum Gasteiger partial charge on any atom is -0.507 e. The first kappa shape index (κ1) is 21.9. The molecule has 0 heterocycles. The molecule has 0 saturated heterocycles. The maximum atomic E-state index is 13.2. The normalized spacial score (nSPS) is 11.5. The third-order valence-corrected chi connectivity index (χ3v) is 5.09. The Kier molecular flexibility index (Phi) is 6.55. The molecule has 0 unspecified atom stereocenters. The fourth-order valence-corrected chi connectivity index (χ4v) is 3.51. The molecule has 6 heteroatoms. The van der Waals surface area contributed by atoms with Gasteiger partial charge in [0.05, 0.1) is 12.3 Å². The van der Waals surface area contributed by atoms with E-state index in [1.165, 1.54) is 6.07 Å². The minimum absolute atomic E-state index is 0.0165. The largest absolute Gasteiger partial charge is 0.507 e. The fraction of sp³-hybridized carbons (Fsp3) is 0.111. The van der Waals surface area contributed by atoms with E-state index in [0.717, 1.165) is 10.8 Å². The molecule has 0 aliphatic heterocycles. The van der Waals surface area contributed by atoms with Gasteiger partial charge in [0, 0.05) is 5.56 Å². The SMILES string of the molecule is CCOc1ccccc1NC(=O)[C@H](OC(=O)c1cc2ccccc2cc1O)c1ccccc1. The molecule has 1 amide bonds. The summed E-state index contributed by atoms with van der Waals surface area (Å²) in [5.74, 6) is -1.05. The Morgan fingerprint density at radius 2 is 1.52 bits per heavy atom. The molecule has 0 aromatic heterocycles. The molecule has 1 atom stereocenters. The topological polar surface area (TPSA) is 84.9 Å². The van der Waals surface area contributed by atoms with Crippen molar-refractivity contribution in [1.29, 1.82) is 0 Å². The second-order valence-corrected chi connectivity index (χ2v) is 7.33. The molecule has 0 fully saturated rings. The summed E-state index contributed by atoms with van der Waals surface area (Å²) in [4.78, 5) is 26.3. The standard InChI is InChI=1S/C27H23NO5/c1-2-32-24-15-9-8-14-22(24)28-26(30)25(18-10-4-3-5-11-18)33-27(31)21-16-19-12-6-7-13-20(19)17-23(21)29/h3-17,25,29H,2H2,1H3,(H,28,30)/t25-/m1/s1. The van der Waals surface area contributed by atoms with Gasteiger partial charge in [0.25, 0.3) is 5.91 Å². The zero-order valence-electron chi connectivity index (χ0n) is 18.0. The average Bonchev–Trinajstić information content (AvgIpc) is 2.83. The van der Waals surface area contributed by atoms with E-state index in [1.807, 2.05) is 31.2 Å². The van der Waals surface area contributed by atoms with Crippen LogP contribution in [0.15, 0.2) is 91.0 Å². The number of hydrogen-bond donors (Lipinski definition) is 2. The highest BCUT2D eigenvalue weighted by atomic mass is 16.5. The van der Waals surface area contributed by atoms with Crippen molar-refractivity contribution in [1.82, 2.24) is 0 Å². The minimum atomic E-state index is -1.24. The smallest absolute Gasteiger partial charge is 0.343 e. The number of esters is 1. The highest BCUT2D eigenvalue weighted by molar-refractivity contribution is 6.02. The monoisotopic (exact) mass is 441 g/mol. The predicted molar refractivity (Wildman–Crippen MR) is 126 cm³/mol. The van der Waals surface area contributed by atoms with Gasteiger partial charge >= 0.3 is 5.97 Å². The Labute approximate surface area is 191 Å². The first-order chi connectivity index (χ1) is 16.1. The summed E-state index contributed by atoms with van der Waals surface area (Å²) >= 11 is 0. The van der Waals surface area contributed by atoms with Crippen LogP contribution in [0.3, 0.4) is 0 Å². The van der Waals surface area contributed by atoms with Gasteiger partial charge in [-0.05, 0) is 42.0 Å². The summed E-state index contributed by atoms with van der Waals surface area (Å²) in [5.41, 5.74) is 0.949. The first-order valence-corrected chi connectivity index (χ1v) is 10.6. The van der Waals surface area contributed by atoms with E-state index >= 15 is 0 Å². The van der Waals surface area contributed by atoms with Crippen LogP contribution in [0.1, 0.15) is 28.9 Å². The quantitative estimate of drug-likeness (QED) is 0.371. The summed E-state index contributed by atoms with van der Waals surface area (Å²) in [6.45, 7) is 2.29. The summed E-state index contributed by atoms with van der Waals surface area (Å²) in [5, 5.41) is 14.8. The van der Waals surface area contributed by atoms with Crippen LogP contribution in [0.2, 0.25) is 0 Å². The number of anilines is 1. The lowest BCUT2D eigenvalue weighted by atomic mass is 10.1. The van der Waals surface area contributed by atoms with Crippen LogP contribution in [0.5, 0.6) is 11.5 Å². The number of benzene rings is 4. The molecular weight excluding hydrogens is 418 g/mol. The van der Waals surface area contributed by atoms with Gasteiger partial charge in [-0.1, -0.05) is 66.7 Å². The van der Waals surface area contributed by atoms with Crippen molar-refractivity contribution < 1.29 is 24.2 Å². The lowest BCUT2D eigenvalue weighted by Gasteiger charge is -2.19. The number of rotatable bonds is 7. The van der Waals surface area contributed by atoms with Crippen molar-refractivity contribution in [3.8, 4) is 11.5 Å². The lowest BCUT2D eigenvalue weighted by molar-refractivity contribution is -0.125. The summed E-state index contributed by atoms with van der Waals surface area (Å²) in [7, 11) is 0. The number of carbonyl (C=O) groups is 2. The Hall–Kier alpha value is -4.32. The van der Waals surface area contributed by atoms with Gasteiger partial charge in [0.1, 0.15) is 17.1 Å². The highest BCUT2D eigenvalue weighted by Gasteiger charge is 2.27. The van der Waals surface area contributed by atoms with Gasteiger partial charge in [-0.3, -0.25) is 4.79 Å². The molecule has 2 N–H and O–H groups in total. The number of nitrogens with one attached hydrogen (secondary N) is 1. The molecular formula is C27H23NO5. The molecule has 4 aromatic carbocycles. The number of phenols is 1. The molecule has 0 aliphatic carbocycles. The fourth-order valence-electron chi connectivity index (χ4n) is 3.51. The van der Waals surface area contributed by atoms with Crippen LogP contribution in [0.25, 0.3) is 10.8 Å². The highest BCUT2D eigenvalue weighted by Crippen LogP contribution is 2.30. The average molecular weight is 441 g/mol. The van der Waals surface area contributed by atoms with E-state index in [4.69, 9.17) is 9.47 Å². The van der Waals surface area contributed by atoms with Crippen molar-refractivity contribution >= 4 is 28.3 Å². The zero-order chi connectivity index (χ0) is 23.2. The molecule has 6 nitrogen and oxygen atoms in total. The number of hydrogen-bond acceptors (Lipinski definition) is 5. The van der Waals surface area contributed by atoms with Gasteiger partial charge in [-0.25, -0.2) is 4.79 Å². The number of carbonyl (C=O) groups excluding carboxylic acids is 2. The van der Waals surface area contributed by atoms with Gasteiger partial charge in [-0.15, -0.1) is 0 Å². The Morgan fingerprint density at radius 1 is 0.879 bits per heavy atom. The molecule has 166 valence electrons. The van der Waals surface area contributed by atoms with Gasteiger partial charge in [0.15, 0.2) is 0 Å². The third-order valence-electron chi connectivity index (χ3n) is 5.09. The van der Waals surface area contributed by atoms with Gasteiger partial charge in [-0.2, -0.15) is 0 Å². The number of phenolic OH excluding ortho intramolecular Hbond substituents is 1. The van der Waals surface area contributed by atoms with Crippen molar-refractivity contribution in [3.63, 3.8) is 0 Å². The summed E-state index contributed by atoms with van der Waals surface area (Å²) in [6.07, 6.45) is -1.24. The van der Waals surface area contributed by atoms with Crippen LogP contribution in [-0.2, 0) is 9.53 Å². The van der Waals surface area contributed by atoms with Crippen molar-refractivity contribution in [2.45, 2.75) is 13.0 Å². The Balaban J connectivity index is 1.64. The van der Waals surface area contributed by atoms with Crippen LogP contribution >= 0.6 is 0 Å². The molecule has 4 rings (SSSR count).